The van der Waals surface area contributed by atoms with Crippen LogP contribution in [0.3, 0.4) is 0 Å². The van der Waals surface area contributed by atoms with E-state index >= 15 is 0 Å². The normalized spacial score (nSPS) is 16.8. The Morgan fingerprint density at radius 1 is 0.512 bits per heavy atom. The molecule has 0 spiro atoms. The lowest BCUT2D eigenvalue weighted by molar-refractivity contribution is -0.142. The Bertz CT molecular complexity index is 2680. The van der Waals surface area contributed by atoms with Crippen molar-refractivity contribution in [1.82, 2.24) is 50.5 Å². The van der Waals surface area contributed by atoms with Crippen LogP contribution >= 0.6 is 0 Å². The summed E-state index contributed by atoms with van der Waals surface area (Å²) in [6.45, 7) is 1.83. The van der Waals surface area contributed by atoms with Crippen LogP contribution in [0.15, 0.2) is 54.6 Å². The number of unbranched alkanes of at least 4 members (excludes halogenated alkanes) is 6. The van der Waals surface area contributed by atoms with Gasteiger partial charge >= 0.3 is 47.8 Å². The van der Waals surface area contributed by atoms with Crippen LogP contribution < -0.4 is 20.9 Å². The van der Waals surface area contributed by atoms with E-state index in [1.54, 1.807) is 19.6 Å². The summed E-state index contributed by atoms with van der Waals surface area (Å²) in [6.07, 6.45) is 8.74. The van der Waals surface area contributed by atoms with Gasteiger partial charge in [-0.2, -0.15) is 9.97 Å². The third-order valence-electron chi connectivity index (χ3n) is 15.3. The highest BCUT2D eigenvalue weighted by Gasteiger charge is 2.29. The first kappa shape index (κ1) is 68.9. The average molecular weight is 1200 g/mol. The molecule has 0 radical (unpaired) electrons. The average Bonchev–Trinajstić information content (AvgIpc) is 2.46. The third kappa shape index (κ3) is 26.6. The number of carbonyl (C=O) groups excluding carboxylic acids is 2. The Kier molecular flexibility index (Phi) is 29.5. The minimum absolute atomic E-state index is 0.0248. The highest BCUT2D eigenvalue weighted by atomic mass is 16.4. The second-order valence-electron chi connectivity index (χ2n) is 22.1. The lowest BCUT2D eigenvalue weighted by atomic mass is 9.90. The predicted octanol–water partition coefficient (Wildman–Crippen LogP) is 2.95. The van der Waals surface area contributed by atoms with Crippen LogP contribution in [0.4, 0.5) is 10.7 Å². The molecule has 2 aliphatic heterocycles. The van der Waals surface area contributed by atoms with E-state index in [2.05, 4.69) is 45.1 Å². The molecule has 5 rings (SSSR count). The van der Waals surface area contributed by atoms with Crippen molar-refractivity contribution in [2.24, 2.45) is 0 Å². The highest BCUT2D eigenvalue weighted by molar-refractivity contribution is 5.86. The largest absolute Gasteiger partial charge is 0.481 e. The summed E-state index contributed by atoms with van der Waals surface area (Å²) in [5, 5.41) is 74.1. The van der Waals surface area contributed by atoms with Gasteiger partial charge in [0, 0.05) is 97.2 Å². The maximum Gasteiger partial charge on any atom is 0.326 e. The van der Waals surface area contributed by atoms with Gasteiger partial charge in [-0.3, -0.25) is 48.4 Å². The van der Waals surface area contributed by atoms with Crippen molar-refractivity contribution in [2.75, 3.05) is 96.5 Å². The quantitative estimate of drug-likeness (QED) is 0.0378. The summed E-state index contributed by atoms with van der Waals surface area (Å²) in [6, 6.07) is 14.0. The first-order valence-corrected chi connectivity index (χ1v) is 29.6. The fourth-order valence-electron chi connectivity index (χ4n) is 10.7. The SMILES string of the molecule is O=C(O)CC[C@H](NC(=O)N[C@@H](CCCCNC(=O)CCCCCCCCc1nc(Cc2ccc(CC3CN(CC(=O)O)CCN(CC(=O)O)CCN(CC(=O)O)CCN3CC(=O)O)cc2)nc(N2CCC(c3ccccc3)CC2)n1)C(=O)O)C(=O)O. The smallest absolute Gasteiger partial charge is 0.326 e. The van der Waals surface area contributed by atoms with Crippen LogP contribution in [0.5, 0.6) is 0 Å². The van der Waals surface area contributed by atoms with Gasteiger partial charge in [0.15, 0.2) is 0 Å². The minimum Gasteiger partial charge on any atom is -0.481 e. The standard InChI is InChI=1S/C59H85N11O16/c71-50(60-25-11-10-14-46(56(82)83)61-59(86)62-47(57(84)85)21-22-51(72)73)16-9-4-2-1-3-8-15-48-63-49(65-58(64-48)69-26-23-44(24-27-69)43-12-6-5-7-13-43)35-42-19-17-41(18-20-42)34-45-36-68(39-54(78)79)31-30-66(37-52(74)75)28-29-67(38-53(76)77)32-33-70(45)40-55(80)81/h5-7,12-13,17-20,44-47H,1-4,8-11,14-16,21-40H2,(H,60,71)(H,72,73)(H,74,75)(H,76,77)(H,78,79)(H,80,81)(H,82,83)(H,84,85)(H2,61,62,86)/t45?,46-,47-/m0/s1. The number of aryl methyl sites for hydroxylation is 1. The summed E-state index contributed by atoms with van der Waals surface area (Å²) < 4.78 is 0. The fraction of sp³-hybridized carbons (Fsp3) is 0.593. The van der Waals surface area contributed by atoms with Gasteiger partial charge in [-0.25, -0.2) is 19.4 Å². The van der Waals surface area contributed by atoms with Crippen molar-refractivity contribution < 1.29 is 78.9 Å². The molecule has 10 N–H and O–H groups in total. The summed E-state index contributed by atoms with van der Waals surface area (Å²) in [4.78, 5) is 131. The van der Waals surface area contributed by atoms with E-state index in [9.17, 15) is 73.8 Å². The molecule has 2 aromatic carbocycles. The van der Waals surface area contributed by atoms with E-state index in [0.29, 0.717) is 75.0 Å². The van der Waals surface area contributed by atoms with Crippen LogP contribution in [0.25, 0.3) is 0 Å². The zero-order valence-electron chi connectivity index (χ0n) is 48.8. The Morgan fingerprint density at radius 2 is 1.05 bits per heavy atom. The molecule has 3 amide bonds. The Balaban J connectivity index is 1.16. The van der Waals surface area contributed by atoms with Gasteiger partial charge in [0.25, 0.3) is 0 Å². The number of hydrogen-bond donors (Lipinski definition) is 10. The molecule has 3 heterocycles. The topological polar surface area (TPSA) is 386 Å². The van der Waals surface area contributed by atoms with E-state index in [4.69, 9.17) is 20.1 Å². The monoisotopic (exact) mass is 1200 g/mol. The molecule has 0 aliphatic carbocycles. The zero-order chi connectivity index (χ0) is 62.4. The van der Waals surface area contributed by atoms with E-state index in [-0.39, 0.29) is 90.7 Å². The zero-order valence-corrected chi connectivity index (χ0v) is 48.8. The molecule has 0 bridgehead atoms. The molecule has 3 atom stereocenters. The number of piperidine rings is 1. The minimum atomic E-state index is -1.51. The molecule has 472 valence electrons. The van der Waals surface area contributed by atoms with Crippen LogP contribution in [-0.2, 0) is 57.6 Å². The van der Waals surface area contributed by atoms with E-state index < -0.39 is 72.4 Å². The second-order valence-corrected chi connectivity index (χ2v) is 22.1. The lowest BCUT2D eigenvalue weighted by Crippen LogP contribution is -2.53. The molecule has 27 heteroatoms. The number of benzene rings is 2. The number of carbonyl (C=O) groups is 9. The molecular weight excluding hydrogens is 1120 g/mol. The lowest BCUT2D eigenvalue weighted by Gasteiger charge is -2.37. The van der Waals surface area contributed by atoms with E-state index in [1.807, 2.05) is 30.3 Å². The number of aromatic nitrogens is 3. The first-order chi connectivity index (χ1) is 41.2. The highest BCUT2D eigenvalue weighted by Crippen LogP contribution is 2.30. The summed E-state index contributed by atoms with van der Waals surface area (Å²) in [5.41, 5.74) is 3.11. The summed E-state index contributed by atoms with van der Waals surface area (Å²) in [5.74, 6) is -6.08. The first-order valence-electron chi connectivity index (χ1n) is 29.6. The van der Waals surface area contributed by atoms with Crippen LogP contribution in [0.1, 0.15) is 124 Å². The van der Waals surface area contributed by atoms with Crippen LogP contribution in [-0.4, -0.2) is 234 Å². The van der Waals surface area contributed by atoms with Gasteiger partial charge in [0.1, 0.15) is 23.7 Å². The Morgan fingerprint density at radius 3 is 1.64 bits per heavy atom. The molecule has 2 fully saturated rings. The van der Waals surface area contributed by atoms with Gasteiger partial charge in [-0.15, -0.1) is 0 Å². The number of nitrogens with zero attached hydrogens (tertiary/aromatic N) is 8. The van der Waals surface area contributed by atoms with Gasteiger partial charge in [0.2, 0.25) is 11.9 Å². The number of anilines is 1. The second kappa shape index (κ2) is 36.8. The number of nitrogens with one attached hydrogen (secondary N) is 3. The molecule has 27 nitrogen and oxygen atoms in total. The van der Waals surface area contributed by atoms with Gasteiger partial charge < -0.3 is 56.6 Å². The fourth-order valence-corrected chi connectivity index (χ4v) is 10.7. The molecule has 2 saturated heterocycles. The summed E-state index contributed by atoms with van der Waals surface area (Å²) in [7, 11) is 0. The van der Waals surface area contributed by atoms with Gasteiger partial charge in [0.05, 0.1) is 26.2 Å². The van der Waals surface area contributed by atoms with Crippen LogP contribution in [0.2, 0.25) is 0 Å². The van der Waals surface area contributed by atoms with Gasteiger partial charge in [-0.1, -0.05) is 80.3 Å². The molecule has 3 aromatic rings. The number of rotatable bonds is 35. The predicted molar refractivity (Wildman–Crippen MR) is 313 cm³/mol. The number of carboxylic acid groups (broad SMARTS) is 7. The third-order valence-corrected chi connectivity index (χ3v) is 15.3. The number of aliphatic carboxylic acids is 7. The Hall–Kier alpha value is -7.88. The van der Waals surface area contributed by atoms with Crippen molar-refractivity contribution in [1.29, 1.82) is 0 Å². The number of hydrogen-bond acceptors (Lipinski definition) is 17. The number of amides is 3. The van der Waals surface area contributed by atoms with Crippen LogP contribution in [0, 0.1) is 0 Å². The molecule has 1 aromatic heterocycles. The Labute approximate surface area is 500 Å². The maximum atomic E-state index is 12.5. The number of carboxylic acids is 7. The molecule has 0 saturated carbocycles. The number of urea groups is 1. The van der Waals surface area contributed by atoms with Crippen molar-refractivity contribution in [2.45, 2.75) is 133 Å². The summed E-state index contributed by atoms with van der Waals surface area (Å²) >= 11 is 0. The molecule has 86 heavy (non-hydrogen) atoms. The van der Waals surface area contributed by atoms with Crippen molar-refractivity contribution >= 4 is 59.7 Å². The van der Waals surface area contributed by atoms with Crippen molar-refractivity contribution in [3.05, 3.63) is 82.9 Å². The molecular formula is C59H85N11O16. The van der Waals surface area contributed by atoms with Crippen molar-refractivity contribution in [3.8, 4) is 0 Å². The van der Waals surface area contributed by atoms with E-state index in [0.717, 1.165) is 69.2 Å². The maximum absolute atomic E-state index is 12.5. The van der Waals surface area contributed by atoms with Crippen molar-refractivity contribution in [3.63, 3.8) is 0 Å². The van der Waals surface area contributed by atoms with E-state index in [1.165, 1.54) is 5.56 Å². The van der Waals surface area contributed by atoms with Gasteiger partial charge in [-0.05, 0) is 80.4 Å². The molecule has 1 unspecified atom stereocenters. The molecule has 2 aliphatic rings.